The number of carbonyl (C=O) groups is 1. The van der Waals surface area contributed by atoms with Crippen molar-refractivity contribution < 1.29 is 9.53 Å². The van der Waals surface area contributed by atoms with Gasteiger partial charge >= 0.3 is 6.09 Å². The number of hydrogen-bond donors (Lipinski definition) is 0. The third-order valence-corrected chi connectivity index (χ3v) is 4.98. The van der Waals surface area contributed by atoms with Gasteiger partial charge in [-0.3, -0.25) is 0 Å². The van der Waals surface area contributed by atoms with Gasteiger partial charge in [0.1, 0.15) is 11.4 Å². The Hall–Kier alpha value is -1.30. The molecular weight excluding hydrogens is 358 g/mol. The summed E-state index contributed by atoms with van der Waals surface area (Å²) in [6.45, 7) is 10.4. The fourth-order valence-corrected chi connectivity index (χ4v) is 3.72. The van der Waals surface area contributed by atoms with E-state index in [0.717, 1.165) is 23.4 Å². The molecule has 1 unspecified atom stereocenters. The second kappa shape index (κ2) is 5.96. The van der Waals surface area contributed by atoms with Crippen molar-refractivity contribution in [1.29, 1.82) is 0 Å². The number of amides is 1. The maximum absolute atomic E-state index is 12.4. The molecule has 6 heteroatoms. The normalized spacial score (nSPS) is 26.0. The number of rotatable bonds is 3. The van der Waals surface area contributed by atoms with Gasteiger partial charge in [-0.05, 0) is 55.8 Å². The Labute approximate surface area is 146 Å². The lowest BCUT2D eigenvalue weighted by Crippen LogP contribution is -2.42. The monoisotopic (exact) mass is 381 g/mol. The van der Waals surface area contributed by atoms with Crippen LogP contribution in [0.2, 0.25) is 0 Å². The zero-order valence-electron chi connectivity index (χ0n) is 14.1. The molecule has 126 valence electrons. The van der Waals surface area contributed by atoms with Gasteiger partial charge in [-0.1, -0.05) is 0 Å². The molecule has 2 aliphatic rings. The summed E-state index contributed by atoms with van der Waals surface area (Å²) >= 11 is 3.41. The molecular formula is C17H24BrN3O2. The lowest BCUT2D eigenvalue weighted by atomic mass is 10.2. The Kier molecular flexibility index (Phi) is 4.29. The molecule has 1 saturated carbocycles. The second-order valence-corrected chi connectivity index (χ2v) is 8.24. The molecule has 2 heterocycles. The maximum Gasteiger partial charge on any atom is 0.410 e. The minimum absolute atomic E-state index is 0.187. The zero-order chi connectivity index (χ0) is 16.8. The number of fused-ring (bicyclic) bond motifs is 1. The highest BCUT2D eigenvalue weighted by atomic mass is 79.9. The van der Waals surface area contributed by atoms with Crippen molar-refractivity contribution in [3.05, 3.63) is 22.8 Å². The molecule has 0 radical (unpaired) electrons. The second-order valence-electron chi connectivity index (χ2n) is 7.32. The summed E-state index contributed by atoms with van der Waals surface area (Å²) in [5.41, 5.74) is -0.443. The zero-order valence-corrected chi connectivity index (χ0v) is 15.7. The van der Waals surface area contributed by atoms with Gasteiger partial charge in [0.05, 0.1) is 0 Å². The Bertz CT molecular complexity index is 572. The number of carbonyl (C=O) groups excluding carboxylic acids is 1. The number of nitrogens with zero attached hydrogens (tertiary/aromatic N) is 3. The van der Waals surface area contributed by atoms with Crippen LogP contribution in [0, 0.1) is 11.8 Å². The van der Waals surface area contributed by atoms with Crippen LogP contribution in [-0.4, -0.2) is 47.3 Å². The summed E-state index contributed by atoms with van der Waals surface area (Å²) in [5.74, 6) is 2.08. The number of anilines is 1. The van der Waals surface area contributed by atoms with Gasteiger partial charge < -0.3 is 14.5 Å². The van der Waals surface area contributed by atoms with Crippen LogP contribution < -0.4 is 4.90 Å². The highest BCUT2D eigenvalue weighted by Gasteiger charge is 2.59. The summed E-state index contributed by atoms with van der Waals surface area (Å²) in [7, 11) is 0. The van der Waals surface area contributed by atoms with Gasteiger partial charge in [-0.25, -0.2) is 9.78 Å². The molecule has 1 aromatic heterocycles. The number of hydrogen-bond acceptors (Lipinski definition) is 4. The van der Waals surface area contributed by atoms with E-state index in [1.807, 2.05) is 50.9 Å². The number of piperidine rings is 1. The van der Waals surface area contributed by atoms with Crippen molar-refractivity contribution in [2.45, 2.75) is 39.3 Å². The summed E-state index contributed by atoms with van der Waals surface area (Å²) in [6, 6.07) is 4.37. The van der Waals surface area contributed by atoms with Crippen LogP contribution in [0.1, 0.15) is 27.7 Å². The average Bonchev–Trinajstić information content (AvgIpc) is 2.93. The van der Waals surface area contributed by atoms with Crippen LogP contribution >= 0.6 is 15.9 Å². The molecule has 1 amide bonds. The fourth-order valence-electron chi connectivity index (χ4n) is 3.48. The topological polar surface area (TPSA) is 45.7 Å². The molecule has 1 aliphatic heterocycles. The van der Waals surface area contributed by atoms with Crippen LogP contribution in [0.5, 0.6) is 0 Å². The van der Waals surface area contributed by atoms with Gasteiger partial charge in [0.15, 0.2) is 0 Å². The summed E-state index contributed by atoms with van der Waals surface area (Å²) in [5, 5.41) is 0. The first-order valence-electron chi connectivity index (χ1n) is 8.16. The largest absolute Gasteiger partial charge is 0.444 e. The van der Waals surface area contributed by atoms with E-state index < -0.39 is 5.60 Å². The van der Waals surface area contributed by atoms with E-state index >= 15 is 0 Å². The van der Waals surface area contributed by atoms with Crippen LogP contribution in [0.25, 0.3) is 0 Å². The molecule has 0 N–H and O–H groups in total. The van der Waals surface area contributed by atoms with Crippen molar-refractivity contribution >= 4 is 27.8 Å². The Morgan fingerprint density at radius 2 is 2.04 bits per heavy atom. The minimum Gasteiger partial charge on any atom is -0.444 e. The van der Waals surface area contributed by atoms with Crippen LogP contribution in [0.15, 0.2) is 22.8 Å². The summed E-state index contributed by atoms with van der Waals surface area (Å²) < 4.78 is 6.53. The van der Waals surface area contributed by atoms with Gasteiger partial charge in [0, 0.05) is 48.2 Å². The first-order valence-corrected chi connectivity index (χ1v) is 8.95. The number of halogens is 1. The number of ether oxygens (including phenoxy) is 1. The van der Waals surface area contributed by atoms with E-state index in [9.17, 15) is 4.79 Å². The molecule has 0 aromatic carbocycles. The van der Waals surface area contributed by atoms with Crippen LogP contribution in [0.4, 0.5) is 10.6 Å². The quantitative estimate of drug-likeness (QED) is 0.802. The predicted octanol–water partition coefficient (Wildman–Crippen LogP) is 3.54. The molecule has 0 bridgehead atoms. The number of aromatic nitrogens is 1. The molecule has 1 aliphatic carbocycles. The van der Waals surface area contributed by atoms with E-state index in [2.05, 4.69) is 25.8 Å². The minimum atomic E-state index is -0.443. The highest BCUT2D eigenvalue weighted by Crippen LogP contribution is 2.50. The third-order valence-electron chi connectivity index (χ3n) is 4.51. The number of pyridine rings is 1. The van der Waals surface area contributed by atoms with Crippen LogP contribution in [-0.2, 0) is 4.74 Å². The van der Waals surface area contributed by atoms with Gasteiger partial charge in [-0.15, -0.1) is 0 Å². The van der Waals surface area contributed by atoms with Gasteiger partial charge in [0.2, 0.25) is 0 Å². The molecule has 3 atom stereocenters. The fraction of sp³-hybridized carbons (Fsp3) is 0.647. The molecule has 2 fully saturated rings. The molecule has 3 rings (SSSR count). The van der Waals surface area contributed by atoms with Crippen molar-refractivity contribution in [2.75, 3.05) is 24.5 Å². The average molecular weight is 382 g/mol. The predicted molar refractivity (Wildman–Crippen MR) is 93.5 cm³/mol. The van der Waals surface area contributed by atoms with E-state index in [1.54, 1.807) is 0 Å². The lowest BCUT2D eigenvalue weighted by molar-refractivity contribution is 0.0225. The van der Waals surface area contributed by atoms with Crippen molar-refractivity contribution in [1.82, 2.24) is 9.88 Å². The van der Waals surface area contributed by atoms with Crippen molar-refractivity contribution in [2.24, 2.45) is 11.8 Å². The standard InChI is InChI=1S/C17H24BrN3O2/c1-5-21(16(22)23-17(2,3)4)15-12-9-20(10-13(12)15)14-7-6-11(18)8-19-14/h6-8,12-13,15H,5,9-10H2,1-4H3/t12-,13?,15+/m0/s1. The molecule has 23 heavy (non-hydrogen) atoms. The molecule has 1 saturated heterocycles. The van der Waals surface area contributed by atoms with E-state index in [4.69, 9.17) is 4.74 Å². The molecule has 5 nitrogen and oxygen atoms in total. The Balaban J connectivity index is 1.60. The van der Waals surface area contributed by atoms with Gasteiger partial charge in [0.25, 0.3) is 0 Å². The smallest absolute Gasteiger partial charge is 0.410 e. The lowest BCUT2D eigenvalue weighted by Gasteiger charge is -2.29. The summed E-state index contributed by atoms with van der Waals surface area (Å²) in [4.78, 5) is 21.0. The molecule has 1 aromatic rings. The highest BCUT2D eigenvalue weighted by molar-refractivity contribution is 9.10. The van der Waals surface area contributed by atoms with Crippen molar-refractivity contribution in [3.63, 3.8) is 0 Å². The Morgan fingerprint density at radius 1 is 1.39 bits per heavy atom. The molecule has 0 spiro atoms. The third kappa shape index (κ3) is 3.47. The summed E-state index contributed by atoms with van der Waals surface area (Å²) in [6.07, 6.45) is 1.64. The SMILES string of the molecule is CCN(C(=O)OC(C)(C)C)[C@H]1C2CN(c3ccc(Br)cn3)C[C@@H]21. The maximum atomic E-state index is 12.4. The first-order chi connectivity index (χ1) is 10.8. The van der Waals surface area contributed by atoms with E-state index in [1.165, 1.54) is 0 Å². The van der Waals surface area contributed by atoms with Gasteiger partial charge in [-0.2, -0.15) is 0 Å². The van der Waals surface area contributed by atoms with Crippen LogP contribution in [0.3, 0.4) is 0 Å². The van der Waals surface area contributed by atoms with E-state index in [-0.39, 0.29) is 6.09 Å². The van der Waals surface area contributed by atoms with E-state index in [0.29, 0.717) is 24.4 Å². The van der Waals surface area contributed by atoms with Crippen molar-refractivity contribution in [3.8, 4) is 0 Å². The Morgan fingerprint density at radius 3 is 2.52 bits per heavy atom. The first kappa shape index (κ1) is 16.6.